The van der Waals surface area contributed by atoms with Crippen molar-refractivity contribution in [2.45, 2.75) is 46.0 Å². The van der Waals surface area contributed by atoms with Gasteiger partial charge in [-0.15, -0.1) is 12.4 Å². The van der Waals surface area contributed by atoms with E-state index in [-0.39, 0.29) is 30.2 Å². The summed E-state index contributed by atoms with van der Waals surface area (Å²) in [6.45, 7) is 9.29. The fourth-order valence-electron chi connectivity index (χ4n) is 4.53. The predicted octanol–water partition coefficient (Wildman–Crippen LogP) is 1.90. The molecule has 5 nitrogen and oxygen atoms in total. The van der Waals surface area contributed by atoms with Crippen molar-refractivity contribution in [3.05, 3.63) is 0 Å². The molecule has 1 N–H and O–H groups in total. The average Bonchev–Trinajstić information content (AvgIpc) is 3.29. The van der Waals surface area contributed by atoms with Gasteiger partial charge in [-0.3, -0.25) is 9.59 Å². The largest absolute Gasteiger partial charge is 0.343 e. The lowest BCUT2D eigenvalue weighted by Crippen LogP contribution is -2.45. The molecule has 1 aliphatic carbocycles. The summed E-state index contributed by atoms with van der Waals surface area (Å²) in [7, 11) is 0. The van der Waals surface area contributed by atoms with E-state index < -0.39 is 0 Å². The molecule has 1 atom stereocenters. The van der Waals surface area contributed by atoms with Gasteiger partial charge in [-0.05, 0) is 64.5 Å². The van der Waals surface area contributed by atoms with Gasteiger partial charge < -0.3 is 15.1 Å². The van der Waals surface area contributed by atoms with Gasteiger partial charge in [0, 0.05) is 38.0 Å². The van der Waals surface area contributed by atoms with E-state index in [1.165, 1.54) is 0 Å². The summed E-state index contributed by atoms with van der Waals surface area (Å²) < 4.78 is 0. The Bertz CT molecular complexity index is 453. The minimum absolute atomic E-state index is 0. The van der Waals surface area contributed by atoms with Crippen LogP contribution < -0.4 is 5.32 Å². The zero-order valence-electron chi connectivity index (χ0n) is 15.1. The molecule has 3 fully saturated rings. The number of piperidine rings is 2. The maximum absolute atomic E-state index is 12.8. The van der Waals surface area contributed by atoms with Crippen LogP contribution in [-0.2, 0) is 9.59 Å². The molecule has 0 aromatic carbocycles. The van der Waals surface area contributed by atoms with Crippen LogP contribution in [0.4, 0.5) is 0 Å². The Hall–Kier alpha value is -0.810. The molecule has 0 aromatic rings. The number of halogens is 1. The third kappa shape index (κ3) is 3.72. The minimum atomic E-state index is 0. The third-order valence-electron chi connectivity index (χ3n) is 6.32. The molecular formula is C18H32ClN3O2. The van der Waals surface area contributed by atoms with Gasteiger partial charge in [0.15, 0.2) is 0 Å². The van der Waals surface area contributed by atoms with Gasteiger partial charge in [-0.1, -0.05) is 0 Å². The van der Waals surface area contributed by atoms with Crippen molar-refractivity contribution in [3.8, 4) is 0 Å². The highest BCUT2D eigenvalue weighted by molar-refractivity contribution is 5.85. The minimum Gasteiger partial charge on any atom is -0.343 e. The van der Waals surface area contributed by atoms with E-state index in [4.69, 9.17) is 0 Å². The Kier molecular flexibility index (Phi) is 6.54. The van der Waals surface area contributed by atoms with Crippen molar-refractivity contribution in [1.82, 2.24) is 15.1 Å². The smallest absolute Gasteiger partial charge is 0.226 e. The highest BCUT2D eigenvalue weighted by Gasteiger charge is 2.58. The first kappa shape index (κ1) is 19.5. The van der Waals surface area contributed by atoms with Gasteiger partial charge in [-0.2, -0.15) is 0 Å². The van der Waals surface area contributed by atoms with Crippen molar-refractivity contribution >= 4 is 24.2 Å². The molecule has 6 heteroatoms. The maximum atomic E-state index is 12.8. The summed E-state index contributed by atoms with van der Waals surface area (Å²) in [6, 6.07) is 0. The summed E-state index contributed by atoms with van der Waals surface area (Å²) in [5.41, 5.74) is 0.316. The number of nitrogens with one attached hydrogen (secondary N) is 1. The topological polar surface area (TPSA) is 52.7 Å². The molecule has 0 aromatic heterocycles. The van der Waals surface area contributed by atoms with Gasteiger partial charge in [0.05, 0.1) is 0 Å². The molecular weight excluding hydrogens is 326 g/mol. The van der Waals surface area contributed by atoms with E-state index in [2.05, 4.69) is 5.32 Å². The van der Waals surface area contributed by atoms with Crippen LogP contribution in [0.3, 0.4) is 0 Å². The molecule has 2 heterocycles. The van der Waals surface area contributed by atoms with Crippen molar-refractivity contribution in [1.29, 1.82) is 0 Å². The normalized spacial score (nSPS) is 25.9. The average molecular weight is 358 g/mol. The fourth-order valence-corrected chi connectivity index (χ4v) is 4.53. The summed E-state index contributed by atoms with van der Waals surface area (Å²) in [4.78, 5) is 29.2. The Morgan fingerprint density at radius 2 is 1.71 bits per heavy atom. The van der Waals surface area contributed by atoms with Crippen molar-refractivity contribution in [2.24, 2.45) is 17.3 Å². The van der Waals surface area contributed by atoms with Crippen molar-refractivity contribution in [2.75, 3.05) is 39.3 Å². The molecule has 1 spiro atoms. The Labute approximate surface area is 151 Å². The Balaban J connectivity index is 0.00000208. The third-order valence-corrected chi connectivity index (χ3v) is 6.32. The lowest BCUT2D eigenvalue weighted by Gasteiger charge is -2.34. The fraction of sp³-hybridized carbons (Fsp3) is 0.889. The molecule has 1 saturated carbocycles. The quantitative estimate of drug-likeness (QED) is 0.836. The first-order valence-corrected chi connectivity index (χ1v) is 9.39. The molecule has 1 unspecified atom stereocenters. The molecule has 2 saturated heterocycles. The van der Waals surface area contributed by atoms with E-state index in [0.717, 1.165) is 71.4 Å². The first-order valence-electron chi connectivity index (χ1n) is 9.39. The molecule has 2 aliphatic heterocycles. The van der Waals surface area contributed by atoms with Gasteiger partial charge >= 0.3 is 0 Å². The monoisotopic (exact) mass is 357 g/mol. The van der Waals surface area contributed by atoms with Crippen molar-refractivity contribution < 1.29 is 9.59 Å². The van der Waals surface area contributed by atoms with Gasteiger partial charge in [0.1, 0.15) is 0 Å². The Morgan fingerprint density at radius 1 is 1.12 bits per heavy atom. The number of hydrogen-bond donors (Lipinski definition) is 1. The van der Waals surface area contributed by atoms with E-state index in [9.17, 15) is 9.59 Å². The predicted molar refractivity (Wildman–Crippen MR) is 97.1 cm³/mol. The van der Waals surface area contributed by atoms with E-state index in [0.29, 0.717) is 11.3 Å². The molecule has 24 heavy (non-hydrogen) atoms. The molecule has 2 amide bonds. The SMILES string of the molecule is CCN(CC)C(=O)C1CCN(C(=O)C2CC23CCNCC3)CC1.Cl. The molecule has 0 bridgehead atoms. The second kappa shape index (κ2) is 8.05. The van der Waals surface area contributed by atoms with Crippen molar-refractivity contribution in [3.63, 3.8) is 0 Å². The number of nitrogens with zero attached hydrogens (tertiary/aromatic N) is 2. The summed E-state index contributed by atoms with van der Waals surface area (Å²) in [5, 5.41) is 3.39. The lowest BCUT2D eigenvalue weighted by molar-refractivity contribution is -0.141. The molecule has 0 radical (unpaired) electrons. The van der Waals surface area contributed by atoms with Crippen LogP contribution in [0.1, 0.15) is 46.0 Å². The zero-order valence-corrected chi connectivity index (χ0v) is 15.9. The van der Waals surface area contributed by atoms with Crippen LogP contribution in [0, 0.1) is 17.3 Å². The molecule has 3 aliphatic rings. The van der Waals surface area contributed by atoms with Crippen LogP contribution in [0.2, 0.25) is 0 Å². The number of carbonyl (C=O) groups excluding carboxylic acids is 2. The summed E-state index contributed by atoms with van der Waals surface area (Å²) >= 11 is 0. The number of rotatable bonds is 4. The van der Waals surface area contributed by atoms with Crippen LogP contribution in [0.5, 0.6) is 0 Å². The van der Waals surface area contributed by atoms with E-state index in [1.807, 2.05) is 23.6 Å². The highest BCUT2D eigenvalue weighted by atomic mass is 35.5. The molecule has 3 rings (SSSR count). The van der Waals surface area contributed by atoms with Crippen LogP contribution in [0.25, 0.3) is 0 Å². The second-order valence-corrected chi connectivity index (χ2v) is 7.48. The summed E-state index contributed by atoms with van der Waals surface area (Å²) in [5.74, 6) is 1.02. The lowest BCUT2D eigenvalue weighted by atomic mass is 9.90. The number of likely N-dealkylation sites (tertiary alicyclic amines) is 1. The number of carbonyl (C=O) groups is 2. The Morgan fingerprint density at radius 3 is 2.25 bits per heavy atom. The van der Waals surface area contributed by atoms with E-state index >= 15 is 0 Å². The van der Waals surface area contributed by atoms with Crippen LogP contribution >= 0.6 is 12.4 Å². The standard InChI is InChI=1S/C18H31N3O2.ClH/c1-3-20(4-2)16(22)14-5-11-21(12-6-14)17(23)15-13-18(15)7-9-19-10-8-18;/h14-15,19H,3-13H2,1-2H3;1H. The van der Waals surface area contributed by atoms with Crippen LogP contribution in [-0.4, -0.2) is 60.9 Å². The van der Waals surface area contributed by atoms with Crippen LogP contribution in [0.15, 0.2) is 0 Å². The summed E-state index contributed by atoms with van der Waals surface area (Å²) in [6.07, 6.45) is 5.07. The highest BCUT2D eigenvalue weighted by Crippen LogP contribution is 2.59. The van der Waals surface area contributed by atoms with Gasteiger partial charge in [0.25, 0.3) is 0 Å². The maximum Gasteiger partial charge on any atom is 0.226 e. The van der Waals surface area contributed by atoms with Gasteiger partial charge in [-0.25, -0.2) is 0 Å². The second-order valence-electron chi connectivity index (χ2n) is 7.48. The van der Waals surface area contributed by atoms with E-state index in [1.54, 1.807) is 0 Å². The van der Waals surface area contributed by atoms with Gasteiger partial charge in [0.2, 0.25) is 11.8 Å². The molecule has 138 valence electrons. The number of amides is 2. The zero-order chi connectivity index (χ0) is 16.4. The first-order chi connectivity index (χ1) is 11.1. The number of hydrogen-bond acceptors (Lipinski definition) is 3.